The number of ether oxygens (including phenoxy) is 1. The van der Waals surface area contributed by atoms with Crippen molar-refractivity contribution in [2.45, 2.75) is 6.61 Å². The fraction of sp³-hybridized carbons (Fsp3) is 0.0455. The number of hydrogen-bond donors (Lipinski definition) is 0. The molecule has 0 spiro atoms. The summed E-state index contributed by atoms with van der Waals surface area (Å²) in [6, 6.07) is 27.9. The van der Waals surface area contributed by atoms with Gasteiger partial charge in [0.2, 0.25) is 0 Å². The summed E-state index contributed by atoms with van der Waals surface area (Å²) in [7, 11) is 0. The maximum atomic E-state index is 6.51. The smallest absolute Gasteiger partial charge is 0.120 e. The molecule has 122 valence electrons. The van der Waals surface area contributed by atoms with Crippen molar-refractivity contribution in [1.82, 2.24) is 4.98 Å². The third-order valence-electron chi connectivity index (χ3n) is 4.05. The van der Waals surface area contributed by atoms with E-state index in [2.05, 4.69) is 0 Å². The van der Waals surface area contributed by atoms with E-state index in [-0.39, 0.29) is 0 Å². The van der Waals surface area contributed by atoms with Crippen LogP contribution in [-0.4, -0.2) is 4.98 Å². The maximum Gasteiger partial charge on any atom is 0.120 e. The van der Waals surface area contributed by atoms with E-state index in [0.717, 1.165) is 33.5 Å². The molecule has 4 aromatic rings. The molecule has 3 heteroatoms. The Bertz CT molecular complexity index is 1000. The molecule has 0 bridgehead atoms. The SMILES string of the molecule is Clc1cc(-c2ccccc2)nc2ccc(OCc3ccccc3)cc12. The van der Waals surface area contributed by atoms with Crippen molar-refractivity contribution in [3.8, 4) is 17.0 Å². The lowest BCUT2D eigenvalue weighted by atomic mass is 10.1. The van der Waals surface area contributed by atoms with Crippen LogP contribution in [0.15, 0.2) is 84.9 Å². The first kappa shape index (κ1) is 15.7. The van der Waals surface area contributed by atoms with Crippen LogP contribution in [0.2, 0.25) is 5.02 Å². The Morgan fingerprint density at radius 1 is 0.800 bits per heavy atom. The van der Waals surface area contributed by atoms with Gasteiger partial charge in [-0.25, -0.2) is 4.98 Å². The zero-order chi connectivity index (χ0) is 17.1. The molecular weight excluding hydrogens is 330 g/mol. The van der Waals surface area contributed by atoms with Gasteiger partial charge < -0.3 is 4.74 Å². The minimum absolute atomic E-state index is 0.527. The van der Waals surface area contributed by atoms with E-state index < -0.39 is 0 Å². The van der Waals surface area contributed by atoms with Crippen molar-refractivity contribution in [3.05, 3.63) is 95.5 Å². The fourth-order valence-corrected chi connectivity index (χ4v) is 3.01. The van der Waals surface area contributed by atoms with Gasteiger partial charge in [-0.2, -0.15) is 0 Å². The summed E-state index contributed by atoms with van der Waals surface area (Å²) in [4.78, 5) is 4.73. The first-order chi connectivity index (χ1) is 12.3. The van der Waals surface area contributed by atoms with Crippen molar-refractivity contribution < 1.29 is 4.74 Å². The summed E-state index contributed by atoms with van der Waals surface area (Å²) in [5, 5.41) is 1.57. The molecule has 0 N–H and O–H groups in total. The molecule has 0 saturated carbocycles. The van der Waals surface area contributed by atoms with Crippen LogP contribution in [0, 0.1) is 0 Å². The number of aromatic nitrogens is 1. The molecule has 0 atom stereocenters. The lowest BCUT2D eigenvalue weighted by molar-refractivity contribution is 0.306. The average Bonchev–Trinajstić information content (AvgIpc) is 2.68. The monoisotopic (exact) mass is 345 g/mol. The normalized spacial score (nSPS) is 10.8. The Hall–Kier alpha value is -2.84. The van der Waals surface area contributed by atoms with Crippen LogP contribution in [0.1, 0.15) is 5.56 Å². The van der Waals surface area contributed by atoms with E-state index in [9.17, 15) is 0 Å². The summed E-state index contributed by atoms with van der Waals surface area (Å²) >= 11 is 6.51. The number of halogens is 1. The molecule has 0 aliphatic heterocycles. The molecule has 2 nitrogen and oxygen atoms in total. The second-order valence-electron chi connectivity index (χ2n) is 5.81. The highest BCUT2D eigenvalue weighted by Gasteiger charge is 2.07. The first-order valence-corrected chi connectivity index (χ1v) is 8.50. The van der Waals surface area contributed by atoms with E-state index in [1.54, 1.807) is 0 Å². The van der Waals surface area contributed by atoms with Crippen LogP contribution >= 0.6 is 11.6 Å². The number of nitrogens with zero attached hydrogens (tertiary/aromatic N) is 1. The molecule has 0 fully saturated rings. The minimum atomic E-state index is 0.527. The number of fused-ring (bicyclic) bond motifs is 1. The third-order valence-corrected chi connectivity index (χ3v) is 4.36. The minimum Gasteiger partial charge on any atom is -0.489 e. The Morgan fingerprint density at radius 3 is 2.28 bits per heavy atom. The molecular formula is C22H16ClNO. The molecule has 0 saturated heterocycles. The number of pyridine rings is 1. The van der Waals surface area contributed by atoms with E-state index in [1.165, 1.54) is 0 Å². The van der Waals surface area contributed by atoms with Crippen LogP contribution in [0.3, 0.4) is 0 Å². The van der Waals surface area contributed by atoms with Crippen molar-refractivity contribution in [3.63, 3.8) is 0 Å². The topological polar surface area (TPSA) is 22.1 Å². The number of benzene rings is 3. The van der Waals surface area contributed by atoms with Gasteiger partial charge in [-0.15, -0.1) is 0 Å². The summed E-state index contributed by atoms with van der Waals surface area (Å²) in [6.45, 7) is 0.527. The molecule has 0 unspecified atom stereocenters. The highest BCUT2D eigenvalue weighted by molar-refractivity contribution is 6.35. The molecule has 0 aliphatic carbocycles. The zero-order valence-electron chi connectivity index (χ0n) is 13.5. The highest BCUT2D eigenvalue weighted by Crippen LogP contribution is 2.30. The zero-order valence-corrected chi connectivity index (χ0v) is 14.3. The Balaban J connectivity index is 1.64. The quantitative estimate of drug-likeness (QED) is 0.443. The lowest BCUT2D eigenvalue weighted by Crippen LogP contribution is -1.95. The molecule has 1 heterocycles. The first-order valence-electron chi connectivity index (χ1n) is 8.12. The van der Waals surface area contributed by atoms with Crippen LogP contribution in [0.4, 0.5) is 0 Å². The predicted molar refractivity (Wildman–Crippen MR) is 103 cm³/mol. The van der Waals surface area contributed by atoms with Crippen LogP contribution in [0.25, 0.3) is 22.2 Å². The fourth-order valence-electron chi connectivity index (χ4n) is 2.75. The van der Waals surface area contributed by atoms with Gasteiger partial charge in [-0.05, 0) is 29.8 Å². The summed E-state index contributed by atoms with van der Waals surface area (Å²) < 4.78 is 5.88. The van der Waals surface area contributed by atoms with Gasteiger partial charge in [0.05, 0.1) is 16.2 Å². The van der Waals surface area contributed by atoms with Gasteiger partial charge in [0.15, 0.2) is 0 Å². The molecule has 1 aromatic heterocycles. The molecule has 0 radical (unpaired) electrons. The predicted octanol–water partition coefficient (Wildman–Crippen LogP) is 6.13. The molecule has 4 rings (SSSR count). The second kappa shape index (κ2) is 6.96. The third kappa shape index (κ3) is 3.49. The number of hydrogen-bond acceptors (Lipinski definition) is 2. The van der Waals surface area contributed by atoms with Crippen molar-refractivity contribution >= 4 is 22.5 Å². The molecule has 3 aromatic carbocycles. The Morgan fingerprint density at radius 2 is 1.52 bits per heavy atom. The summed E-state index contributed by atoms with van der Waals surface area (Å²) in [6.07, 6.45) is 0. The molecule has 0 aliphatic rings. The van der Waals surface area contributed by atoms with Crippen molar-refractivity contribution in [2.75, 3.05) is 0 Å². The van der Waals surface area contributed by atoms with Crippen LogP contribution in [0.5, 0.6) is 5.75 Å². The van der Waals surface area contributed by atoms with Gasteiger partial charge in [0.25, 0.3) is 0 Å². The van der Waals surface area contributed by atoms with E-state index in [0.29, 0.717) is 11.6 Å². The van der Waals surface area contributed by atoms with Crippen LogP contribution < -0.4 is 4.74 Å². The number of rotatable bonds is 4. The van der Waals surface area contributed by atoms with Gasteiger partial charge in [0.1, 0.15) is 12.4 Å². The van der Waals surface area contributed by atoms with Crippen molar-refractivity contribution in [1.29, 1.82) is 0 Å². The molecule has 25 heavy (non-hydrogen) atoms. The summed E-state index contributed by atoms with van der Waals surface area (Å²) in [5.74, 6) is 0.785. The Kier molecular flexibility index (Phi) is 4.36. The highest BCUT2D eigenvalue weighted by atomic mass is 35.5. The second-order valence-corrected chi connectivity index (χ2v) is 6.22. The average molecular weight is 346 g/mol. The lowest BCUT2D eigenvalue weighted by Gasteiger charge is -2.09. The van der Waals surface area contributed by atoms with E-state index in [4.69, 9.17) is 21.3 Å². The van der Waals surface area contributed by atoms with E-state index >= 15 is 0 Å². The molecule has 0 amide bonds. The largest absolute Gasteiger partial charge is 0.489 e. The van der Waals surface area contributed by atoms with Crippen molar-refractivity contribution in [2.24, 2.45) is 0 Å². The summed E-state index contributed by atoms with van der Waals surface area (Å²) in [5.41, 5.74) is 3.91. The van der Waals surface area contributed by atoms with Gasteiger partial charge in [-0.3, -0.25) is 0 Å². The van der Waals surface area contributed by atoms with Gasteiger partial charge in [-0.1, -0.05) is 72.3 Å². The van der Waals surface area contributed by atoms with Crippen LogP contribution in [-0.2, 0) is 6.61 Å². The van der Waals surface area contributed by atoms with Gasteiger partial charge in [0, 0.05) is 10.9 Å². The Labute approximate surface area is 151 Å². The standard InChI is InChI=1S/C22H16ClNO/c23-20-14-22(17-9-5-2-6-10-17)24-21-12-11-18(13-19(20)21)25-15-16-7-3-1-4-8-16/h1-14H,15H2. The maximum absolute atomic E-state index is 6.51. The van der Waals surface area contributed by atoms with Gasteiger partial charge >= 0.3 is 0 Å². The van der Waals surface area contributed by atoms with E-state index in [1.807, 2.05) is 84.9 Å².